The summed E-state index contributed by atoms with van der Waals surface area (Å²) in [5.41, 5.74) is 2.73. The Balaban J connectivity index is 2.63. The number of hydrogen-bond donors (Lipinski definition) is 2. The first-order valence-corrected chi connectivity index (χ1v) is 6.51. The summed E-state index contributed by atoms with van der Waals surface area (Å²) < 4.78 is 5.16. The number of hydrazine groups is 1. The topological polar surface area (TPSA) is 62.9 Å². The van der Waals surface area contributed by atoms with Gasteiger partial charge in [0.2, 0.25) is 5.96 Å². The van der Waals surface area contributed by atoms with Crippen LogP contribution in [0.15, 0.2) is 4.99 Å². The molecule has 0 bridgehead atoms. The molecule has 1 unspecified atom stereocenters. The van der Waals surface area contributed by atoms with Crippen molar-refractivity contribution in [2.24, 2.45) is 16.8 Å². The van der Waals surface area contributed by atoms with Gasteiger partial charge in [0.05, 0.1) is 6.61 Å². The molecule has 17 heavy (non-hydrogen) atoms. The molecule has 100 valence electrons. The monoisotopic (exact) mass is 242 g/mol. The third-order valence-electron chi connectivity index (χ3n) is 3.22. The minimum Gasteiger partial charge on any atom is -0.383 e. The molecule has 0 aliphatic heterocycles. The van der Waals surface area contributed by atoms with Gasteiger partial charge in [-0.15, -0.1) is 0 Å². The molecule has 0 amide bonds. The number of hydrogen-bond acceptors (Lipinski definition) is 3. The maximum absolute atomic E-state index is 5.58. The van der Waals surface area contributed by atoms with E-state index < -0.39 is 0 Å². The van der Waals surface area contributed by atoms with E-state index in [2.05, 4.69) is 29.2 Å². The van der Waals surface area contributed by atoms with Crippen molar-refractivity contribution in [3.63, 3.8) is 0 Å². The lowest BCUT2D eigenvalue weighted by Gasteiger charge is -2.31. The molecule has 0 saturated heterocycles. The lowest BCUT2D eigenvalue weighted by molar-refractivity contribution is 0.157. The maximum atomic E-state index is 5.58. The standard InChI is InChI=1S/C12H26N4O/c1-4-7-14-12(15-13)16(8-9-17-3)10(2)11-5-6-11/h10-11H,4-9,13H2,1-3H3,(H,14,15). The van der Waals surface area contributed by atoms with Crippen LogP contribution < -0.4 is 11.3 Å². The molecule has 1 aliphatic carbocycles. The number of nitrogens with one attached hydrogen (secondary N) is 1. The Morgan fingerprint density at radius 2 is 2.29 bits per heavy atom. The highest BCUT2D eigenvalue weighted by molar-refractivity contribution is 5.79. The first-order valence-electron chi connectivity index (χ1n) is 6.51. The Morgan fingerprint density at radius 1 is 1.59 bits per heavy atom. The average molecular weight is 242 g/mol. The first kappa shape index (κ1) is 14.3. The van der Waals surface area contributed by atoms with Crippen molar-refractivity contribution in [2.45, 2.75) is 39.2 Å². The molecular weight excluding hydrogens is 216 g/mol. The van der Waals surface area contributed by atoms with Gasteiger partial charge in [-0.05, 0) is 32.1 Å². The zero-order valence-electron chi connectivity index (χ0n) is 11.3. The van der Waals surface area contributed by atoms with E-state index in [0.29, 0.717) is 12.6 Å². The predicted molar refractivity (Wildman–Crippen MR) is 70.7 cm³/mol. The summed E-state index contributed by atoms with van der Waals surface area (Å²) in [6.45, 7) is 6.69. The van der Waals surface area contributed by atoms with Crippen molar-refractivity contribution in [1.82, 2.24) is 10.3 Å². The molecule has 0 radical (unpaired) electrons. The molecule has 1 rings (SSSR count). The minimum atomic E-state index is 0.483. The van der Waals surface area contributed by atoms with Crippen molar-refractivity contribution < 1.29 is 4.74 Å². The molecule has 0 aromatic carbocycles. The predicted octanol–water partition coefficient (Wildman–Crippen LogP) is 0.963. The van der Waals surface area contributed by atoms with Gasteiger partial charge in [0.25, 0.3) is 0 Å². The van der Waals surface area contributed by atoms with Gasteiger partial charge in [-0.3, -0.25) is 10.4 Å². The highest BCUT2D eigenvalue weighted by Gasteiger charge is 2.33. The first-order chi connectivity index (χ1) is 8.24. The van der Waals surface area contributed by atoms with Gasteiger partial charge in [0, 0.05) is 26.2 Å². The van der Waals surface area contributed by atoms with E-state index in [1.54, 1.807) is 7.11 Å². The van der Waals surface area contributed by atoms with E-state index in [9.17, 15) is 0 Å². The smallest absolute Gasteiger partial charge is 0.208 e. The highest BCUT2D eigenvalue weighted by atomic mass is 16.5. The molecule has 1 aliphatic rings. The number of ether oxygens (including phenoxy) is 1. The Hall–Kier alpha value is -0.810. The fourth-order valence-corrected chi connectivity index (χ4v) is 1.96. The second-order valence-electron chi connectivity index (χ2n) is 4.61. The SMILES string of the molecule is CCCN=C(NN)N(CCOC)C(C)C1CC1. The summed E-state index contributed by atoms with van der Waals surface area (Å²) in [5, 5.41) is 0. The van der Waals surface area contributed by atoms with Crippen molar-refractivity contribution in [3.05, 3.63) is 0 Å². The maximum Gasteiger partial charge on any atom is 0.208 e. The number of nitrogens with zero attached hydrogens (tertiary/aromatic N) is 2. The van der Waals surface area contributed by atoms with Crippen molar-refractivity contribution in [3.8, 4) is 0 Å². The summed E-state index contributed by atoms with van der Waals surface area (Å²) in [6.07, 6.45) is 3.66. The van der Waals surface area contributed by atoms with E-state index in [1.165, 1.54) is 12.8 Å². The van der Waals surface area contributed by atoms with E-state index in [4.69, 9.17) is 10.6 Å². The van der Waals surface area contributed by atoms with Crippen molar-refractivity contribution in [1.29, 1.82) is 0 Å². The zero-order valence-corrected chi connectivity index (χ0v) is 11.3. The molecule has 5 heteroatoms. The molecule has 1 atom stereocenters. The van der Waals surface area contributed by atoms with Crippen LogP contribution in [0.4, 0.5) is 0 Å². The minimum absolute atomic E-state index is 0.483. The van der Waals surface area contributed by atoms with E-state index in [1.807, 2.05) is 0 Å². The molecule has 0 aromatic rings. The van der Waals surface area contributed by atoms with Gasteiger partial charge in [0.1, 0.15) is 0 Å². The second-order valence-corrected chi connectivity index (χ2v) is 4.61. The van der Waals surface area contributed by atoms with Crippen LogP contribution in [0.3, 0.4) is 0 Å². The highest BCUT2D eigenvalue weighted by Crippen LogP contribution is 2.35. The average Bonchev–Trinajstić information content (AvgIpc) is 3.16. The lowest BCUT2D eigenvalue weighted by atomic mass is 10.2. The van der Waals surface area contributed by atoms with Crippen LogP contribution in [0.25, 0.3) is 0 Å². The number of aliphatic imine (C=N–C) groups is 1. The van der Waals surface area contributed by atoms with Crippen LogP contribution in [0.5, 0.6) is 0 Å². The third-order valence-corrected chi connectivity index (χ3v) is 3.22. The molecule has 0 spiro atoms. The van der Waals surface area contributed by atoms with Crippen LogP contribution >= 0.6 is 0 Å². The normalized spacial score (nSPS) is 18.0. The fourth-order valence-electron chi connectivity index (χ4n) is 1.96. The Morgan fingerprint density at radius 3 is 2.76 bits per heavy atom. The Labute approximate surface area is 104 Å². The van der Waals surface area contributed by atoms with Gasteiger partial charge in [-0.25, -0.2) is 5.84 Å². The number of nitrogens with two attached hydrogens (primary N) is 1. The molecule has 0 heterocycles. The van der Waals surface area contributed by atoms with Gasteiger partial charge >= 0.3 is 0 Å². The van der Waals surface area contributed by atoms with Gasteiger partial charge in [0.15, 0.2) is 0 Å². The van der Waals surface area contributed by atoms with E-state index in [0.717, 1.165) is 31.4 Å². The summed E-state index contributed by atoms with van der Waals surface area (Å²) in [4.78, 5) is 6.73. The third kappa shape index (κ3) is 4.52. The number of guanidine groups is 1. The molecular formula is C12H26N4O. The van der Waals surface area contributed by atoms with Gasteiger partial charge in [-0.2, -0.15) is 0 Å². The van der Waals surface area contributed by atoms with Crippen LogP contribution in [0, 0.1) is 5.92 Å². The Kier molecular flexibility index (Phi) is 6.29. The van der Waals surface area contributed by atoms with Gasteiger partial charge in [-0.1, -0.05) is 6.92 Å². The molecule has 1 fully saturated rings. The lowest BCUT2D eigenvalue weighted by Crippen LogP contribution is -2.50. The molecule has 1 saturated carbocycles. The number of methoxy groups -OCH3 is 1. The quantitative estimate of drug-likeness (QED) is 0.302. The van der Waals surface area contributed by atoms with Crippen molar-refractivity contribution >= 4 is 5.96 Å². The van der Waals surface area contributed by atoms with Crippen LogP contribution in [0.1, 0.15) is 33.1 Å². The fraction of sp³-hybridized carbons (Fsp3) is 0.917. The largest absolute Gasteiger partial charge is 0.383 e. The zero-order chi connectivity index (χ0) is 12.7. The number of rotatable bonds is 7. The summed E-state index contributed by atoms with van der Waals surface area (Å²) in [5.74, 6) is 7.16. The van der Waals surface area contributed by atoms with E-state index in [-0.39, 0.29) is 0 Å². The molecule has 5 nitrogen and oxygen atoms in total. The van der Waals surface area contributed by atoms with Crippen LogP contribution in [-0.4, -0.2) is 43.7 Å². The van der Waals surface area contributed by atoms with E-state index >= 15 is 0 Å². The summed E-state index contributed by atoms with van der Waals surface area (Å²) in [7, 11) is 1.72. The Bertz CT molecular complexity index is 241. The van der Waals surface area contributed by atoms with Crippen LogP contribution in [0.2, 0.25) is 0 Å². The van der Waals surface area contributed by atoms with Crippen molar-refractivity contribution in [2.75, 3.05) is 26.8 Å². The molecule has 3 N–H and O–H groups in total. The van der Waals surface area contributed by atoms with Gasteiger partial charge < -0.3 is 9.64 Å². The van der Waals surface area contributed by atoms with Crippen LogP contribution in [-0.2, 0) is 4.74 Å². The second kappa shape index (κ2) is 7.50. The summed E-state index contributed by atoms with van der Waals surface area (Å²) >= 11 is 0. The molecule has 0 aromatic heterocycles. The summed E-state index contributed by atoms with van der Waals surface area (Å²) in [6, 6.07) is 0.483.